The number of aromatic amines is 1. The van der Waals surface area contributed by atoms with Gasteiger partial charge in [0.1, 0.15) is 0 Å². The van der Waals surface area contributed by atoms with Crippen molar-refractivity contribution in [1.82, 2.24) is 20.4 Å². The lowest BCUT2D eigenvalue weighted by atomic mass is 9.77. The number of H-pyrrole nitrogens is 1. The fourth-order valence-electron chi connectivity index (χ4n) is 4.88. The van der Waals surface area contributed by atoms with E-state index in [1.54, 1.807) is 0 Å². The minimum Gasteiger partial charge on any atom is -0.342 e. The third-order valence-electron chi connectivity index (χ3n) is 6.31. The van der Waals surface area contributed by atoms with Crippen molar-refractivity contribution in [3.63, 3.8) is 0 Å². The highest BCUT2D eigenvalue weighted by Gasteiger charge is 2.38. The number of aromatic nitrogens is 2. The summed E-state index contributed by atoms with van der Waals surface area (Å²) in [6, 6.07) is 0. The van der Waals surface area contributed by atoms with Crippen molar-refractivity contribution in [3.05, 3.63) is 17.5 Å². The topological polar surface area (TPSA) is 61.0 Å². The number of likely N-dealkylation sites (tertiary alicyclic amines) is 1. The van der Waals surface area contributed by atoms with Crippen LogP contribution >= 0.6 is 0 Å². The third kappa shape index (κ3) is 2.80. The summed E-state index contributed by atoms with van der Waals surface area (Å²) < 4.78 is 0. The summed E-state index contributed by atoms with van der Waals surface area (Å²) in [5, 5.41) is 10.8. The Balaban J connectivity index is 1.50. The van der Waals surface area contributed by atoms with E-state index in [-0.39, 0.29) is 5.92 Å². The van der Waals surface area contributed by atoms with Gasteiger partial charge >= 0.3 is 0 Å². The van der Waals surface area contributed by atoms with Gasteiger partial charge in [-0.15, -0.1) is 0 Å². The quantitative estimate of drug-likeness (QED) is 0.876. The van der Waals surface area contributed by atoms with Gasteiger partial charge < -0.3 is 10.2 Å². The van der Waals surface area contributed by atoms with Gasteiger partial charge in [0.15, 0.2) is 0 Å². The summed E-state index contributed by atoms with van der Waals surface area (Å²) in [7, 11) is 0. The maximum Gasteiger partial charge on any atom is 0.230 e. The van der Waals surface area contributed by atoms with Crippen LogP contribution in [0, 0.1) is 17.8 Å². The summed E-state index contributed by atoms with van der Waals surface area (Å²) in [5.74, 6) is 2.22. The minimum atomic E-state index is 0.0120. The van der Waals surface area contributed by atoms with E-state index in [0.29, 0.717) is 17.7 Å². The lowest BCUT2D eigenvalue weighted by Gasteiger charge is -2.39. The largest absolute Gasteiger partial charge is 0.342 e. The first-order valence-corrected chi connectivity index (χ1v) is 9.25. The molecule has 5 nitrogen and oxygen atoms in total. The van der Waals surface area contributed by atoms with E-state index < -0.39 is 0 Å². The van der Waals surface area contributed by atoms with Gasteiger partial charge in [-0.05, 0) is 62.9 Å². The number of hydrogen-bond donors (Lipinski definition) is 2. The molecule has 3 aliphatic rings. The lowest BCUT2D eigenvalue weighted by Crippen LogP contribution is -2.46. The molecule has 0 spiro atoms. The number of carbonyl (C=O) groups is 1. The first-order chi connectivity index (χ1) is 11.2. The zero-order chi connectivity index (χ0) is 15.8. The van der Waals surface area contributed by atoms with Crippen molar-refractivity contribution in [1.29, 1.82) is 0 Å². The molecule has 1 amide bonds. The monoisotopic (exact) mass is 316 g/mol. The number of nitrogens with one attached hydrogen (secondary N) is 2. The minimum absolute atomic E-state index is 0.0120. The van der Waals surface area contributed by atoms with Crippen LogP contribution in [0.1, 0.15) is 49.8 Å². The maximum absolute atomic E-state index is 13.3. The number of amides is 1. The number of fused-ring (bicyclic) bond motifs is 1. The van der Waals surface area contributed by atoms with Gasteiger partial charge in [-0.2, -0.15) is 5.10 Å². The van der Waals surface area contributed by atoms with Crippen molar-refractivity contribution in [2.75, 3.05) is 26.2 Å². The number of hydrogen-bond acceptors (Lipinski definition) is 3. The van der Waals surface area contributed by atoms with E-state index in [1.165, 1.54) is 18.5 Å². The first kappa shape index (κ1) is 15.2. The second-order valence-electron chi connectivity index (χ2n) is 7.74. The van der Waals surface area contributed by atoms with Gasteiger partial charge in [0.25, 0.3) is 0 Å². The Morgan fingerprint density at radius 3 is 3.04 bits per heavy atom. The third-order valence-corrected chi connectivity index (χ3v) is 6.31. The van der Waals surface area contributed by atoms with E-state index >= 15 is 0 Å². The van der Waals surface area contributed by atoms with Gasteiger partial charge in [-0.1, -0.05) is 6.92 Å². The highest BCUT2D eigenvalue weighted by Crippen LogP contribution is 2.38. The SMILES string of the molecule is CC1CCc2[nH]ncc2C1C(=O)N1CCCC(C2CCNC2)C1. The number of rotatable bonds is 2. The highest BCUT2D eigenvalue weighted by atomic mass is 16.2. The van der Waals surface area contributed by atoms with Crippen LogP contribution in [0.2, 0.25) is 0 Å². The molecule has 2 saturated heterocycles. The Morgan fingerprint density at radius 1 is 1.30 bits per heavy atom. The smallest absolute Gasteiger partial charge is 0.230 e. The van der Waals surface area contributed by atoms with Crippen LogP contribution in [0.25, 0.3) is 0 Å². The van der Waals surface area contributed by atoms with E-state index in [4.69, 9.17) is 0 Å². The molecule has 4 rings (SSSR count). The number of carbonyl (C=O) groups excluding carboxylic acids is 1. The van der Waals surface area contributed by atoms with Crippen LogP contribution in [-0.2, 0) is 11.2 Å². The molecular formula is C18H28N4O. The molecule has 0 aromatic carbocycles. The zero-order valence-corrected chi connectivity index (χ0v) is 14.1. The first-order valence-electron chi connectivity index (χ1n) is 9.25. The predicted octanol–water partition coefficient (Wildman–Crippen LogP) is 1.92. The van der Waals surface area contributed by atoms with Crippen LogP contribution in [0.15, 0.2) is 6.20 Å². The highest BCUT2D eigenvalue weighted by molar-refractivity contribution is 5.84. The van der Waals surface area contributed by atoms with E-state index in [1.807, 2.05) is 6.20 Å². The Bertz CT molecular complexity index is 563. The summed E-state index contributed by atoms with van der Waals surface area (Å²) in [4.78, 5) is 15.4. The fraction of sp³-hybridized carbons (Fsp3) is 0.778. The Morgan fingerprint density at radius 2 is 2.22 bits per heavy atom. The van der Waals surface area contributed by atoms with Gasteiger partial charge in [0, 0.05) is 24.3 Å². The second kappa shape index (κ2) is 6.27. The zero-order valence-electron chi connectivity index (χ0n) is 14.1. The summed E-state index contributed by atoms with van der Waals surface area (Å²) in [6.07, 6.45) is 7.71. The standard InChI is InChI=1S/C18H28N4O/c1-12-4-5-16-15(10-20-21-16)17(12)18(23)22-8-2-3-14(11-22)13-6-7-19-9-13/h10,12-14,17,19H,2-9,11H2,1H3,(H,20,21). The van der Waals surface area contributed by atoms with Crippen LogP contribution in [-0.4, -0.2) is 47.2 Å². The van der Waals surface area contributed by atoms with E-state index in [2.05, 4.69) is 27.3 Å². The molecule has 3 heterocycles. The van der Waals surface area contributed by atoms with Gasteiger partial charge in [-0.3, -0.25) is 9.89 Å². The van der Waals surface area contributed by atoms with Crippen molar-refractivity contribution >= 4 is 5.91 Å². The summed E-state index contributed by atoms with van der Waals surface area (Å²) in [6.45, 7) is 6.40. The molecule has 5 heteroatoms. The molecule has 2 N–H and O–H groups in total. The van der Waals surface area contributed by atoms with Crippen molar-refractivity contribution in [3.8, 4) is 0 Å². The molecule has 4 atom stereocenters. The van der Waals surface area contributed by atoms with Crippen molar-refractivity contribution < 1.29 is 4.79 Å². The Kier molecular flexibility index (Phi) is 4.14. The van der Waals surface area contributed by atoms with E-state index in [0.717, 1.165) is 56.9 Å². The molecule has 2 aliphatic heterocycles. The van der Waals surface area contributed by atoms with Crippen molar-refractivity contribution in [2.45, 2.75) is 44.9 Å². The van der Waals surface area contributed by atoms with Crippen LogP contribution in [0.5, 0.6) is 0 Å². The van der Waals surface area contributed by atoms with Crippen LogP contribution in [0.4, 0.5) is 0 Å². The maximum atomic E-state index is 13.3. The fourth-order valence-corrected chi connectivity index (χ4v) is 4.88. The molecule has 0 radical (unpaired) electrons. The van der Waals surface area contributed by atoms with Crippen LogP contribution in [0.3, 0.4) is 0 Å². The molecule has 126 valence electrons. The molecule has 1 aliphatic carbocycles. The lowest BCUT2D eigenvalue weighted by molar-refractivity contribution is -0.136. The van der Waals surface area contributed by atoms with E-state index in [9.17, 15) is 4.79 Å². The average molecular weight is 316 g/mol. The van der Waals surface area contributed by atoms with Gasteiger partial charge in [-0.25, -0.2) is 0 Å². The summed E-state index contributed by atoms with van der Waals surface area (Å²) in [5.41, 5.74) is 2.33. The molecule has 0 saturated carbocycles. The van der Waals surface area contributed by atoms with Crippen LogP contribution < -0.4 is 5.32 Å². The Labute approximate surface area is 138 Å². The molecule has 23 heavy (non-hydrogen) atoms. The Hall–Kier alpha value is -1.36. The number of aryl methyl sites for hydroxylation is 1. The second-order valence-corrected chi connectivity index (χ2v) is 7.74. The van der Waals surface area contributed by atoms with Gasteiger partial charge in [0.05, 0.1) is 12.1 Å². The molecule has 1 aromatic heterocycles. The molecule has 2 fully saturated rings. The number of nitrogens with zero attached hydrogens (tertiary/aromatic N) is 2. The predicted molar refractivity (Wildman–Crippen MR) is 89.1 cm³/mol. The molecule has 1 aromatic rings. The summed E-state index contributed by atoms with van der Waals surface area (Å²) >= 11 is 0. The van der Waals surface area contributed by atoms with Gasteiger partial charge in [0.2, 0.25) is 5.91 Å². The van der Waals surface area contributed by atoms with Crippen molar-refractivity contribution in [2.24, 2.45) is 17.8 Å². The normalized spacial score (nSPS) is 34.4. The average Bonchev–Trinajstić information content (AvgIpc) is 3.26. The number of piperidine rings is 1. The molecule has 4 unspecified atom stereocenters. The molecular weight excluding hydrogens is 288 g/mol. The molecule has 0 bridgehead atoms.